The van der Waals surface area contributed by atoms with Gasteiger partial charge in [-0.15, -0.1) is 0 Å². The number of aliphatic hydroxyl groups is 1. The monoisotopic (exact) mass is 359 g/mol. The zero-order valence-electron chi connectivity index (χ0n) is 15.0. The summed E-state index contributed by atoms with van der Waals surface area (Å²) < 4.78 is 0. The first-order valence-corrected chi connectivity index (χ1v) is 9.11. The molecule has 1 saturated heterocycles. The lowest BCUT2D eigenvalue weighted by Crippen LogP contribution is -2.44. The van der Waals surface area contributed by atoms with Crippen molar-refractivity contribution in [3.63, 3.8) is 0 Å². The SMILES string of the molecule is Cc1ccc(NC(=O)C(=O)NCC2(O)CCCC2)cc1N1CCCC1=O. The van der Waals surface area contributed by atoms with Crippen LogP contribution >= 0.6 is 0 Å². The first kappa shape index (κ1) is 18.4. The highest BCUT2D eigenvalue weighted by Crippen LogP contribution is 2.29. The van der Waals surface area contributed by atoms with Gasteiger partial charge in [0.1, 0.15) is 0 Å². The lowest BCUT2D eigenvalue weighted by atomic mass is 10.0. The van der Waals surface area contributed by atoms with E-state index in [1.54, 1.807) is 17.0 Å². The van der Waals surface area contributed by atoms with Crippen LogP contribution in [0.25, 0.3) is 0 Å². The summed E-state index contributed by atoms with van der Waals surface area (Å²) in [5.74, 6) is -1.49. The van der Waals surface area contributed by atoms with Crippen LogP contribution in [-0.2, 0) is 14.4 Å². The summed E-state index contributed by atoms with van der Waals surface area (Å²) in [7, 11) is 0. The molecule has 0 bridgehead atoms. The Hall–Kier alpha value is -2.41. The second-order valence-corrected chi connectivity index (χ2v) is 7.22. The second kappa shape index (κ2) is 7.45. The van der Waals surface area contributed by atoms with Crippen molar-refractivity contribution in [2.24, 2.45) is 0 Å². The third-order valence-electron chi connectivity index (χ3n) is 5.15. The van der Waals surface area contributed by atoms with Gasteiger partial charge in [-0.3, -0.25) is 14.4 Å². The highest BCUT2D eigenvalue weighted by molar-refractivity contribution is 6.39. The molecule has 1 saturated carbocycles. The minimum Gasteiger partial charge on any atom is -0.388 e. The molecule has 0 radical (unpaired) electrons. The lowest BCUT2D eigenvalue weighted by molar-refractivity contribution is -0.136. The van der Waals surface area contributed by atoms with Gasteiger partial charge < -0.3 is 20.6 Å². The van der Waals surface area contributed by atoms with Gasteiger partial charge in [-0.2, -0.15) is 0 Å². The number of carbonyl (C=O) groups is 3. The Balaban J connectivity index is 1.61. The van der Waals surface area contributed by atoms with Gasteiger partial charge in [0.2, 0.25) is 5.91 Å². The second-order valence-electron chi connectivity index (χ2n) is 7.22. The van der Waals surface area contributed by atoms with Gasteiger partial charge >= 0.3 is 11.8 Å². The highest BCUT2D eigenvalue weighted by atomic mass is 16.3. The summed E-state index contributed by atoms with van der Waals surface area (Å²) in [4.78, 5) is 37.8. The Morgan fingerprint density at radius 3 is 2.58 bits per heavy atom. The maximum absolute atomic E-state index is 12.1. The van der Waals surface area contributed by atoms with E-state index in [0.29, 0.717) is 31.5 Å². The molecule has 1 aliphatic heterocycles. The molecule has 0 spiro atoms. The number of nitrogens with zero attached hydrogens (tertiary/aromatic N) is 1. The molecule has 2 fully saturated rings. The van der Waals surface area contributed by atoms with Gasteiger partial charge in [-0.05, 0) is 43.9 Å². The van der Waals surface area contributed by atoms with Crippen molar-refractivity contribution in [3.05, 3.63) is 23.8 Å². The molecule has 0 atom stereocenters. The predicted octanol–water partition coefficient (Wildman–Crippen LogP) is 1.48. The summed E-state index contributed by atoms with van der Waals surface area (Å²) in [6, 6.07) is 5.24. The summed E-state index contributed by atoms with van der Waals surface area (Å²) in [5.41, 5.74) is 1.26. The lowest BCUT2D eigenvalue weighted by Gasteiger charge is -2.22. The molecule has 1 aliphatic carbocycles. The topological polar surface area (TPSA) is 98.7 Å². The van der Waals surface area contributed by atoms with Crippen LogP contribution in [0.15, 0.2) is 18.2 Å². The third kappa shape index (κ3) is 4.04. The first-order chi connectivity index (χ1) is 12.4. The van der Waals surface area contributed by atoms with Crippen molar-refractivity contribution in [1.82, 2.24) is 5.32 Å². The molecular formula is C19H25N3O4. The summed E-state index contributed by atoms with van der Waals surface area (Å²) in [6.07, 6.45) is 4.49. The van der Waals surface area contributed by atoms with E-state index in [4.69, 9.17) is 0 Å². The van der Waals surface area contributed by atoms with Crippen LogP contribution in [0.3, 0.4) is 0 Å². The van der Waals surface area contributed by atoms with E-state index >= 15 is 0 Å². The van der Waals surface area contributed by atoms with Crippen LogP contribution in [0.2, 0.25) is 0 Å². The van der Waals surface area contributed by atoms with Crippen molar-refractivity contribution in [2.45, 2.75) is 51.0 Å². The molecule has 7 heteroatoms. The van der Waals surface area contributed by atoms with Crippen molar-refractivity contribution in [1.29, 1.82) is 0 Å². The number of rotatable bonds is 4. The quantitative estimate of drug-likeness (QED) is 0.709. The van der Waals surface area contributed by atoms with Crippen LogP contribution in [0.5, 0.6) is 0 Å². The number of aryl methyl sites for hydroxylation is 1. The van der Waals surface area contributed by atoms with E-state index in [1.165, 1.54) is 0 Å². The average molecular weight is 359 g/mol. The zero-order chi connectivity index (χ0) is 18.7. The number of hydrogen-bond donors (Lipinski definition) is 3. The van der Waals surface area contributed by atoms with E-state index in [9.17, 15) is 19.5 Å². The van der Waals surface area contributed by atoms with Crippen molar-refractivity contribution >= 4 is 29.1 Å². The third-order valence-corrected chi connectivity index (χ3v) is 5.15. The Morgan fingerprint density at radius 2 is 1.92 bits per heavy atom. The zero-order valence-corrected chi connectivity index (χ0v) is 15.0. The van der Waals surface area contributed by atoms with Crippen molar-refractivity contribution in [2.75, 3.05) is 23.3 Å². The molecule has 0 unspecified atom stereocenters. The van der Waals surface area contributed by atoms with Gasteiger partial charge in [0, 0.05) is 30.9 Å². The predicted molar refractivity (Wildman–Crippen MR) is 97.8 cm³/mol. The Kier molecular flexibility index (Phi) is 5.27. The maximum Gasteiger partial charge on any atom is 0.313 e. The fourth-order valence-corrected chi connectivity index (χ4v) is 3.60. The highest BCUT2D eigenvalue weighted by Gasteiger charge is 2.32. The minimum absolute atomic E-state index is 0.0686. The molecule has 7 nitrogen and oxygen atoms in total. The van der Waals surface area contributed by atoms with E-state index in [1.807, 2.05) is 13.0 Å². The number of hydrogen-bond acceptors (Lipinski definition) is 4. The van der Waals surface area contributed by atoms with Crippen molar-refractivity contribution in [3.8, 4) is 0 Å². The fourth-order valence-electron chi connectivity index (χ4n) is 3.60. The van der Waals surface area contributed by atoms with Crippen LogP contribution in [0.1, 0.15) is 44.1 Å². The molecule has 3 amide bonds. The Bertz CT molecular complexity index is 725. The number of nitrogens with one attached hydrogen (secondary N) is 2. The largest absolute Gasteiger partial charge is 0.388 e. The Labute approximate surface area is 152 Å². The fraction of sp³-hybridized carbons (Fsp3) is 0.526. The van der Waals surface area contributed by atoms with E-state index in [2.05, 4.69) is 10.6 Å². The summed E-state index contributed by atoms with van der Waals surface area (Å²) >= 11 is 0. The first-order valence-electron chi connectivity index (χ1n) is 9.11. The molecule has 1 heterocycles. The van der Waals surface area contributed by atoms with E-state index < -0.39 is 17.4 Å². The summed E-state index contributed by atoms with van der Waals surface area (Å²) in [6.45, 7) is 2.65. The Morgan fingerprint density at radius 1 is 1.19 bits per heavy atom. The molecule has 2 aliphatic rings. The van der Waals surface area contributed by atoms with Gasteiger partial charge in [-0.25, -0.2) is 0 Å². The molecule has 26 heavy (non-hydrogen) atoms. The molecule has 0 aromatic heterocycles. The standard InChI is InChI=1S/C19H25N3O4/c1-13-6-7-14(11-15(13)22-10-4-5-16(22)23)21-18(25)17(24)20-12-19(26)8-2-3-9-19/h6-7,11,26H,2-5,8-10,12H2,1H3,(H,20,24)(H,21,25). The number of benzene rings is 1. The number of anilines is 2. The van der Waals surface area contributed by atoms with Crippen LogP contribution in [-0.4, -0.2) is 41.5 Å². The summed E-state index contributed by atoms with van der Waals surface area (Å²) in [5, 5.41) is 15.3. The van der Waals surface area contributed by atoms with Gasteiger partial charge in [0.05, 0.1) is 5.60 Å². The van der Waals surface area contributed by atoms with E-state index in [-0.39, 0.29) is 12.5 Å². The number of carbonyl (C=O) groups excluding carboxylic acids is 3. The maximum atomic E-state index is 12.1. The van der Waals surface area contributed by atoms with Crippen molar-refractivity contribution < 1.29 is 19.5 Å². The van der Waals surface area contributed by atoms with Crippen LogP contribution in [0, 0.1) is 6.92 Å². The molecular weight excluding hydrogens is 334 g/mol. The molecule has 1 aromatic rings. The average Bonchev–Trinajstić information content (AvgIpc) is 3.23. The molecule has 3 rings (SSSR count). The van der Waals surface area contributed by atoms with Crippen LogP contribution < -0.4 is 15.5 Å². The van der Waals surface area contributed by atoms with Gasteiger partial charge in [0.15, 0.2) is 0 Å². The minimum atomic E-state index is -0.900. The molecule has 3 N–H and O–H groups in total. The van der Waals surface area contributed by atoms with E-state index in [0.717, 1.165) is 30.5 Å². The normalized spacial score (nSPS) is 18.8. The number of amides is 3. The smallest absolute Gasteiger partial charge is 0.313 e. The van der Waals surface area contributed by atoms with Crippen LogP contribution in [0.4, 0.5) is 11.4 Å². The molecule has 1 aromatic carbocycles. The molecule has 140 valence electrons. The van der Waals surface area contributed by atoms with Gasteiger partial charge in [0.25, 0.3) is 0 Å². The van der Waals surface area contributed by atoms with Gasteiger partial charge in [-0.1, -0.05) is 18.9 Å².